The molecule has 4 rings (SSSR count). The van der Waals surface area contributed by atoms with Crippen molar-refractivity contribution in [1.29, 1.82) is 0 Å². The maximum Gasteiger partial charge on any atom is 0.0702 e. The molecule has 2 aromatic rings. The van der Waals surface area contributed by atoms with Crippen LogP contribution in [-0.4, -0.2) is 19.7 Å². The van der Waals surface area contributed by atoms with Crippen molar-refractivity contribution in [2.24, 2.45) is 0 Å². The first-order valence-electron chi connectivity index (χ1n) is 7.26. The Morgan fingerprint density at radius 1 is 1.20 bits per heavy atom. The summed E-state index contributed by atoms with van der Waals surface area (Å²) >= 11 is 0. The van der Waals surface area contributed by atoms with E-state index in [1.165, 1.54) is 22.9 Å². The fourth-order valence-electron chi connectivity index (χ4n) is 3.36. The summed E-state index contributed by atoms with van der Waals surface area (Å²) in [6.07, 6.45) is 8.58. The number of nitrogens with zero attached hydrogens (tertiary/aromatic N) is 1. The van der Waals surface area contributed by atoms with Crippen LogP contribution in [0, 0.1) is 0 Å². The van der Waals surface area contributed by atoms with Crippen LogP contribution < -0.4 is 0 Å². The second kappa shape index (κ2) is 4.81. The molecule has 1 fully saturated rings. The standard InChI is InChI=1S/C17H17NOS/c19-20-15-5-3-6-16(20)10-13(9-15)14-8-12-4-1-2-7-17(12)18-11-14/h1-2,4,7-9,11,15-16H,3,5-6,10H2. The number of benzene rings is 1. The third kappa shape index (κ3) is 2.01. The first kappa shape index (κ1) is 12.3. The van der Waals surface area contributed by atoms with E-state index in [4.69, 9.17) is 0 Å². The summed E-state index contributed by atoms with van der Waals surface area (Å²) in [7, 11) is -0.654. The Balaban J connectivity index is 1.77. The van der Waals surface area contributed by atoms with Crippen LogP contribution in [0.25, 0.3) is 16.5 Å². The van der Waals surface area contributed by atoms with Crippen LogP contribution in [0.4, 0.5) is 0 Å². The SMILES string of the molecule is O=S1C2C=C(c3cnc4ccccc4c3)CC1CCC2. The summed E-state index contributed by atoms with van der Waals surface area (Å²) in [6.45, 7) is 0. The Hall–Kier alpha value is -1.48. The van der Waals surface area contributed by atoms with E-state index in [0.29, 0.717) is 5.25 Å². The third-order valence-electron chi connectivity index (χ3n) is 4.44. The highest BCUT2D eigenvalue weighted by molar-refractivity contribution is 7.86. The molecular weight excluding hydrogens is 266 g/mol. The molecule has 2 nitrogen and oxygen atoms in total. The van der Waals surface area contributed by atoms with Crippen molar-refractivity contribution in [2.75, 3.05) is 0 Å². The normalized spacial score (nSPS) is 29.2. The van der Waals surface area contributed by atoms with Crippen molar-refractivity contribution in [2.45, 2.75) is 36.2 Å². The molecule has 0 spiro atoms. The second-order valence-corrected chi connectivity index (χ2v) is 7.66. The Kier molecular flexibility index (Phi) is 2.95. The van der Waals surface area contributed by atoms with Crippen LogP contribution in [0.5, 0.6) is 0 Å². The highest BCUT2D eigenvalue weighted by Gasteiger charge is 2.33. The summed E-state index contributed by atoms with van der Waals surface area (Å²) in [5.74, 6) is 0. The summed E-state index contributed by atoms with van der Waals surface area (Å²) in [5, 5.41) is 1.81. The van der Waals surface area contributed by atoms with Crippen molar-refractivity contribution in [3.05, 3.63) is 48.2 Å². The molecule has 3 heterocycles. The van der Waals surface area contributed by atoms with Gasteiger partial charge in [0.15, 0.2) is 0 Å². The van der Waals surface area contributed by atoms with Crippen LogP contribution in [0.2, 0.25) is 0 Å². The smallest absolute Gasteiger partial charge is 0.0702 e. The number of para-hydroxylation sites is 1. The van der Waals surface area contributed by atoms with Gasteiger partial charge in [-0.3, -0.25) is 9.19 Å². The predicted molar refractivity (Wildman–Crippen MR) is 83.9 cm³/mol. The second-order valence-electron chi connectivity index (χ2n) is 5.73. The largest absolute Gasteiger partial charge is 0.259 e. The van der Waals surface area contributed by atoms with Crippen LogP contribution in [0.3, 0.4) is 0 Å². The fourth-order valence-corrected chi connectivity index (χ4v) is 5.29. The van der Waals surface area contributed by atoms with E-state index >= 15 is 0 Å². The van der Waals surface area contributed by atoms with Crippen LogP contribution >= 0.6 is 0 Å². The molecule has 102 valence electrons. The van der Waals surface area contributed by atoms with Crippen molar-refractivity contribution in [1.82, 2.24) is 4.98 Å². The zero-order chi connectivity index (χ0) is 13.5. The molecule has 3 atom stereocenters. The lowest BCUT2D eigenvalue weighted by atomic mass is 9.93. The Morgan fingerprint density at radius 2 is 2.10 bits per heavy atom. The molecule has 20 heavy (non-hydrogen) atoms. The Bertz CT molecular complexity index is 722. The van der Waals surface area contributed by atoms with Gasteiger partial charge in [0.2, 0.25) is 0 Å². The minimum absolute atomic E-state index is 0.268. The average molecular weight is 283 g/mol. The topological polar surface area (TPSA) is 30.0 Å². The summed E-state index contributed by atoms with van der Waals surface area (Å²) < 4.78 is 12.2. The van der Waals surface area contributed by atoms with Gasteiger partial charge in [-0.05, 0) is 42.5 Å². The van der Waals surface area contributed by atoms with Gasteiger partial charge < -0.3 is 0 Å². The molecule has 1 aromatic heterocycles. The van der Waals surface area contributed by atoms with Gasteiger partial charge in [0.25, 0.3) is 0 Å². The Labute approximate surface area is 121 Å². The summed E-state index contributed by atoms with van der Waals surface area (Å²) in [6, 6.07) is 10.4. The molecule has 1 saturated heterocycles. The van der Waals surface area contributed by atoms with Crippen molar-refractivity contribution in [3.63, 3.8) is 0 Å². The minimum Gasteiger partial charge on any atom is -0.259 e. The monoisotopic (exact) mass is 283 g/mol. The predicted octanol–water partition coefficient (Wildman–Crippen LogP) is 3.69. The molecule has 2 aliphatic rings. The van der Waals surface area contributed by atoms with Crippen LogP contribution in [0.1, 0.15) is 31.2 Å². The quantitative estimate of drug-likeness (QED) is 0.799. The van der Waals surface area contributed by atoms with Crippen LogP contribution in [-0.2, 0) is 10.8 Å². The van der Waals surface area contributed by atoms with Gasteiger partial charge in [0.1, 0.15) is 0 Å². The highest BCUT2D eigenvalue weighted by Crippen LogP contribution is 2.37. The molecule has 2 aliphatic heterocycles. The van der Waals surface area contributed by atoms with Crippen molar-refractivity contribution < 1.29 is 4.21 Å². The number of pyridine rings is 1. The van der Waals surface area contributed by atoms with E-state index in [9.17, 15) is 4.21 Å². The minimum atomic E-state index is -0.654. The first-order chi connectivity index (χ1) is 9.81. The number of hydrogen-bond acceptors (Lipinski definition) is 2. The number of aromatic nitrogens is 1. The zero-order valence-corrected chi connectivity index (χ0v) is 12.1. The van der Waals surface area contributed by atoms with E-state index in [-0.39, 0.29) is 5.25 Å². The molecule has 2 bridgehead atoms. The zero-order valence-electron chi connectivity index (χ0n) is 11.3. The molecule has 0 aliphatic carbocycles. The van der Waals surface area contributed by atoms with E-state index in [1.807, 2.05) is 24.4 Å². The van der Waals surface area contributed by atoms with E-state index < -0.39 is 10.8 Å². The molecule has 0 N–H and O–H groups in total. The van der Waals surface area contributed by atoms with E-state index in [1.54, 1.807) is 0 Å². The summed E-state index contributed by atoms with van der Waals surface area (Å²) in [5.41, 5.74) is 3.59. The highest BCUT2D eigenvalue weighted by atomic mass is 32.2. The molecule has 0 saturated carbocycles. The van der Waals surface area contributed by atoms with Gasteiger partial charge in [-0.1, -0.05) is 30.7 Å². The fraction of sp³-hybridized carbons (Fsp3) is 0.353. The van der Waals surface area contributed by atoms with Gasteiger partial charge in [0.05, 0.1) is 10.8 Å². The van der Waals surface area contributed by atoms with Gasteiger partial charge in [-0.15, -0.1) is 0 Å². The molecule has 0 amide bonds. The maximum atomic E-state index is 12.2. The number of allylic oxidation sites excluding steroid dienone is 1. The lowest BCUT2D eigenvalue weighted by Gasteiger charge is -2.32. The van der Waals surface area contributed by atoms with Crippen LogP contribution in [0.15, 0.2) is 42.6 Å². The molecule has 3 unspecified atom stereocenters. The number of hydrogen-bond donors (Lipinski definition) is 0. The van der Waals surface area contributed by atoms with Gasteiger partial charge in [-0.25, -0.2) is 0 Å². The van der Waals surface area contributed by atoms with Gasteiger partial charge >= 0.3 is 0 Å². The lowest BCUT2D eigenvalue weighted by Crippen LogP contribution is -2.33. The first-order valence-corrected chi connectivity index (χ1v) is 8.54. The van der Waals surface area contributed by atoms with Crippen molar-refractivity contribution >= 4 is 27.3 Å². The maximum absolute atomic E-state index is 12.2. The molecule has 3 heteroatoms. The average Bonchev–Trinajstić information content (AvgIpc) is 2.46. The number of fused-ring (bicyclic) bond motifs is 3. The van der Waals surface area contributed by atoms with E-state index in [0.717, 1.165) is 24.8 Å². The summed E-state index contributed by atoms with van der Waals surface area (Å²) in [4.78, 5) is 4.55. The lowest BCUT2D eigenvalue weighted by molar-refractivity contribution is 0.579. The van der Waals surface area contributed by atoms with E-state index in [2.05, 4.69) is 23.2 Å². The molecule has 0 radical (unpaired) electrons. The molecular formula is C17H17NOS. The van der Waals surface area contributed by atoms with Crippen molar-refractivity contribution in [3.8, 4) is 0 Å². The van der Waals surface area contributed by atoms with Gasteiger partial charge in [0, 0.05) is 27.6 Å². The van der Waals surface area contributed by atoms with Gasteiger partial charge in [-0.2, -0.15) is 0 Å². The number of rotatable bonds is 1. The Morgan fingerprint density at radius 3 is 3.00 bits per heavy atom. The molecule has 1 aromatic carbocycles. The third-order valence-corrected chi connectivity index (χ3v) is 6.47.